The largest absolute Gasteiger partial charge is 0.394 e. The maximum atomic E-state index is 11.7. The highest BCUT2D eigenvalue weighted by molar-refractivity contribution is 5.76. The van der Waals surface area contributed by atoms with E-state index in [0.717, 1.165) is 0 Å². The molecule has 0 aromatic rings. The van der Waals surface area contributed by atoms with Gasteiger partial charge in [0.05, 0.1) is 18.2 Å². The molecule has 104 valence electrons. The number of likely N-dealkylation sites (tertiary alicyclic amines) is 1. The molecule has 6 heteroatoms. The Morgan fingerprint density at radius 2 is 2.00 bits per heavy atom. The number of carbonyl (C=O) groups is 1. The summed E-state index contributed by atoms with van der Waals surface area (Å²) in [5.74, 6) is -0.141. The summed E-state index contributed by atoms with van der Waals surface area (Å²) >= 11 is 0. The molecule has 6 atom stereocenters. The van der Waals surface area contributed by atoms with Crippen molar-refractivity contribution in [3.8, 4) is 0 Å². The molecule has 0 radical (unpaired) electrons. The molecule has 2 heterocycles. The van der Waals surface area contributed by atoms with E-state index in [1.54, 1.807) is 4.90 Å². The van der Waals surface area contributed by atoms with E-state index in [1.165, 1.54) is 6.92 Å². The predicted octanol–water partition coefficient (Wildman–Crippen LogP) is -1.13. The lowest BCUT2D eigenvalue weighted by Crippen LogP contribution is -2.84. The van der Waals surface area contributed by atoms with Crippen LogP contribution in [0.2, 0.25) is 0 Å². The molecule has 6 nitrogen and oxygen atoms in total. The fraction of sp³-hybridized carbons (Fsp3) is 0.917. The van der Waals surface area contributed by atoms with Crippen molar-refractivity contribution in [1.29, 1.82) is 0 Å². The molecule has 2 aliphatic rings. The first-order chi connectivity index (χ1) is 8.38. The number of rotatable bonds is 2. The second-order valence-corrected chi connectivity index (χ2v) is 5.35. The van der Waals surface area contributed by atoms with Crippen molar-refractivity contribution in [3.63, 3.8) is 0 Å². The molecule has 3 N–H and O–H groups in total. The van der Waals surface area contributed by atoms with E-state index in [-0.39, 0.29) is 18.6 Å². The van der Waals surface area contributed by atoms with E-state index in [2.05, 4.69) is 0 Å². The van der Waals surface area contributed by atoms with Gasteiger partial charge in [-0.2, -0.15) is 0 Å². The zero-order chi connectivity index (χ0) is 13.7. The normalized spacial score (nSPS) is 47.4. The van der Waals surface area contributed by atoms with Gasteiger partial charge in [0.2, 0.25) is 5.91 Å². The molecule has 1 amide bonds. The molecule has 0 saturated carbocycles. The second-order valence-electron chi connectivity index (χ2n) is 5.35. The van der Waals surface area contributed by atoms with Gasteiger partial charge in [0.15, 0.2) is 0 Å². The fourth-order valence-corrected chi connectivity index (χ4v) is 3.24. The van der Waals surface area contributed by atoms with Crippen LogP contribution in [0.3, 0.4) is 0 Å². The highest BCUT2D eigenvalue weighted by Gasteiger charge is 2.65. The molecule has 0 aliphatic carbocycles. The van der Waals surface area contributed by atoms with Crippen molar-refractivity contribution in [2.24, 2.45) is 0 Å². The average Bonchev–Trinajstić information content (AvgIpc) is 2.32. The number of aliphatic hydroxyl groups is 3. The van der Waals surface area contributed by atoms with Crippen LogP contribution in [0.15, 0.2) is 0 Å². The van der Waals surface area contributed by atoms with Gasteiger partial charge >= 0.3 is 0 Å². The summed E-state index contributed by atoms with van der Waals surface area (Å²) in [6.07, 6.45) is -2.69. The van der Waals surface area contributed by atoms with Crippen molar-refractivity contribution < 1.29 is 24.9 Å². The van der Waals surface area contributed by atoms with Crippen LogP contribution < -0.4 is 0 Å². The van der Waals surface area contributed by atoms with Crippen LogP contribution in [0.25, 0.3) is 0 Å². The third-order valence-corrected chi connectivity index (χ3v) is 4.41. The molecule has 18 heavy (non-hydrogen) atoms. The average molecular weight is 259 g/mol. The summed E-state index contributed by atoms with van der Waals surface area (Å²) < 4.78 is 5.65. The predicted molar refractivity (Wildman–Crippen MR) is 62.8 cm³/mol. The first kappa shape index (κ1) is 13.7. The van der Waals surface area contributed by atoms with E-state index >= 15 is 0 Å². The Bertz CT molecular complexity index is 349. The minimum absolute atomic E-state index is 0.141. The molecule has 2 rings (SSSR count). The Balaban J connectivity index is 2.28. The van der Waals surface area contributed by atoms with Gasteiger partial charge in [0.25, 0.3) is 0 Å². The van der Waals surface area contributed by atoms with Crippen LogP contribution in [0.1, 0.15) is 27.2 Å². The molecule has 0 aromatic carbocycles. The van der Waals surface area contributed by atoms with E-state index in [1.807, 2.05) is 13.8 Å². The van der Waals surface area contributed by atoms with Crippen LogP contribution in [-0.4, -0.2) is 68.7 Å². The lowest BCUT2D eigenvalue weighted by molar-refractivity contribution is -0.300. The monoisotopic (exact) mass is 259 g/mol. The third-order valence-electron chi connectivity index (χ3n) is 4.41. The topological polar surface area (TPSA) is 90.2 Å². The van der Waals surface area contributed by atoms with Gasteiger partial charge in [-0.3, -0.25) is 4.79 Å². The van der Waals surface area contributed by atoms with E-state index in [4.69, 9.17) is 9.84 Å². The van der Waals surface area contributed by atoms with Gasteiger partial charge in [-0.25, -0.2) is 0 Å². The SMILES string of the molecule is CCC1(C)C2OC(CO)C(O)C(O)C2N1C(C)=O. The number of aliphatic hydroxyl groups excluding tert-OH is 3. The maximum Gasteiger partial charge on any atom is 0.220 e. The summed E-state index contributed by atoms with van der Waals surface area (Å²) in [5, 5.41) is 29.1. The van der Waals surface area contributed by atoms with Crippen LogP contribution >= 0.6 is 0 Å². The molecule has 6 unspecified atom stereocenters. The number of hydrogen-bond acceptors (Lipinski definition) is 5. The van der Waals surface area contributed by atoms with Crippen LogP contribution in [0.4, 0.5) is 0 Å². The molecule has 2 fully saturated rings. The minimum Gasteiger partial charge on any atom is -0.394 e. The van der Waals surface area contributed by atoms with Crippen LogP contribution in [0.5, 0.6) is 0 Å². The van der Waals surface area contributed by atoms with Gasteiger partial charge in [0, 0.05) is 6.92 Å². The zero-order valence-corrected chi connectivity index (χ0v) is 10.9. The molecular weight excluding hydrogens is 238 g/mol. The number of nitrogens with zero attached hydrogens (tertiary/aromatic N) is 1. The number of amides is 1. The Hall–Kier alpha value is -0.690. The molecule has 0 bridgehead atoms. The number of carbonyl (C=O) groups excluding carboxylic acids is 1. The lowest BCUT2D eigenvalue weighted by atomic mass is 9.69. The molecular formula is C12H21NO5. The maximum absolute atomic E-state index is 11.7. The van der Waals surface area contributed by atoms with E-state index in [0.29, 0.717) is 6.42 Å². The van der Waals surface area contributed by atoms with Crippen molar-refractivity contribution in [1.82, 2.24) is 4.90 Å². The minimum atomic E-state index is -1.17. The highest BCUT2D eigenvalue weighted by atomic mass is 16.5. The number of ether oxygens (including phenoxy) is 1. The zero-order valence-electron chi connectivity index (χ0n) is 10.9. The van der Waals surface area contributed by atoms with Gasteiger partial charge in [-0.05, 0) is 13.3 Å². The van der Waals surface area contributed by atoms with Crippen molar-refractivity contribution in [3.05, 3.63) is 0 Å². The van der Waals surface area contributed by atoms with Crippen LogP contribution in [-0.2, 0) is 9.53 Å². The molecule has 2 saturated heterocycles. The first-order valence-corrected chi connectivity index (χ1v) is 6.30. The van der Waals surface area contributed by atoms with Gasteiger partial charge < -0.3 is 25.0 Å². The van der Waals surface area contributed by atoms with E-state index in [9.17, 15) is 15.0 Å². The smallest absolute Gasteiger partial charge is 0.220 e. The first-order valence-electron chi connectivity index (χ1n) is 6.30. The third kappa shape index (κ3) is 1.60. The van der Waals surface area contributed by atoms with Crippen molar-refractivity contribution >= 4 is 5.91 Å². The summed E-state index contributed by atoms with van der Waals surface area (Å²) in [6.45, 7) is 4.94. The Morgan fingerprint density at radius 3 is 2.44 bits per heavy atom. The van der Waals surface area contributed by atoms with Gasteiger partial charge in [-0.1, -0.05) is 6.92 Å². The van der Waals surface area contributed by atoms with Crippen molar-refractivity contribution in [2.45, 2.75) is 63.2 Å². The second kappa shape index (κ2) is 4.45. The standard InChI is InChI=1S/C12H21NO5/c1-4-12(3)11-8(13(12)6(2)15)10(17)9(16)7(5-14)18-11/h7-11,14,16-17H,4-5H2,1-3H3. The Morgan fingerprint density at radius 1 is 1.39 bits per heavy atom. The molecule has 0 spiro atoms. The summed E-state index contributed by atoms with van der Waals surface area (Å²) in [6, 6.07) is -0.523. The Labute approximate surface area is 106 Å². The number of fused-ring (bicyclic) bond motifs is 1. The Kier molecular flexibility index (Phi) is 3.40. The quantitative estimate of drug-likeness (QED) is 0.583. The summed E-state index contributed by atoms with van der Waals surface area (Å²) in [7, 11) is 0. The fourth-order valence-electron chi connectivity index (χ4n) is 3.24. The van der Waals surface area contributed by atoms with Gasteiger partial charge in [-0.15, -0.1) is 0 Å². The van der Waals surface area contributed by atoms with Crippen LogP contribution in [0, 0.1) is 0 Å². The van der Waals surface area contributed by atoms with E-state index < -0.39 is 29.9 Å². The van der Waals surface area contributed by atoms with Crippen molar-refractivity contribution in [2.75, 3.05) is 6.61 Å². The lowest BCUT2D eigenvalue weighted by Gasteiger charge is -2.66. The molecule has 0 aromatic heterocycles. The summed E-state index contributed by atoms with van der Waals surface area (Å²) in [4.78, 5) is 13.3. The highest BCUT2D eigenvalue weighted by Crippen LogP contribution is 2.46. The number of hydrogen-bond donors (Lipinski definition) is 3. The molecule has 2 aliphatic heterocycles. The summed E-state index contributed by atoms with van der Waals surface area (Å²) in [5.41, 5.74) is -0.481. The van der Waals surface area contributed by atoms with Gasteiger partial charge in [0.1, 0.15) is 24.4 Å².